The number of hydrogen-bond donors (Lipinski definition) is 1. The van der Waals surface area contributed by atoms with Gasteiger partial charge in [0, 0.05) is 3.57 Å². The monoisotopic (exact) mass is 235 g/mol. The average Bonchev–Trinajstić information content (AvgIpc) is 1.80. The SMILES string of the molecule is Cc1ncc(O)cc1I. The third-order valence-corrected chi connectivity index (χ3v) is 2.10. The molecule has 0 radical (unpaired) electrons. The summed E-state index contributed by atoms with van der Waals surface area (Å²) >= 11 is 2.13. The van der Waals surface area contributed by atoms with E-state index in [0.29, 0.717) is 0 Å². The highest BCUT2D eigenvalue weighted by Gasteiger charge is 1.94. The zero-order valence-electron chi connectivity index (χ0n) is 4.93. The van der Waals surface area contributed by atoms with Crippen molar-refractivity contribution in [3.05, 3.63) is 21.5 Å². The molecule has 0 fully saturated rings. The summed E-state index contributed by atoms with van der Waals surface area (Å²) in [6, 6.07) is 1.68. The predicted molar refractivity (Wildman–Crippen MR) is 43.4 cm³/mol. The Bertz CT molecular complexity index is 224. The van der Waals surface area contributed by atoms with Crippen molar-refractivity contribution >= 4 is 22.6 Å². The smallest absolute Gasteiger partial charge is 0.134 e. The predicted octanol–water partition coefficient (Wildman–Crippen LogP) is 1.70. The lowest BCUT2D eigenvalue weighted by Gasteiger charge is -1.94. The van der Waals surface area contributed by atoms with Gasteiger partial charge in [-0.1, -0.05) is 0 Å². The van der Waals surface area contributed by atoms with E-state index in [2.05, 4.69) is 27.6 Å². The second-order valence-electron chi connectivity index (χ2n) is 1.76. The second-order valence-corrected chi connectivity index (χ2v) is 2.92. The summed E-state index contributed by atoms with van der Waals surface area (Å²) in [6.07, 6.45) is 1.44. The number of nitrogens with zero attached hydrogens (tertiary/aromatic N) is 1. The van der Waals surface area contributed by atoms with E-state index in [1.54, 1.807) is 6.07 Å². The van der Waals surface area contributed by atoms with Gasteiger partial charge in [-0.3, -0.25) is 4.98 Å². The molecule has 0 saturated heterocycles. The van der Waals surface area contributed by atoms with Gasteiger partial charge in [0.1, 0.15) is 5.75 Å². The van der Waals surface area contributed by atoms with Gasteiger partial charge in [0.2, 0.25) is 0 Å². The van der Waals surface area contributed by atoms with Crippen LogP contribution in [-0.2, 0) is 0 Å². The van der Waals surface area contributed by atoms with E-state index in [1.165, 1.54) is 6.20 Å². The molecule has 0 spiro atoms. The minimum atomic E-state index is 0.227. The molecule has 1 aromatic rings. The van der Waals surface area contributed by atoms with E-state index in [4.69, 9.17) is 5.11 Å². The normalized spacial score (nSPS) is 9.56. The molecule has 1 heterocycles. The number of aromatic hydroxyl groups is 1. The second kappa shape index (κ2) is 2.51. The number of pyridine rings is 1. The number of aromatic nitrogens is 1. The molecule has 0 bridgehead atoms. The van der Waals surface area contributed by atoms with E-state index < -0.39 is 0 Å². The molecule has 9 heavy (non-hydrogen) atoms. The lowest BCUT2D eigenvalue weighted by molar-refractivity contribution is 0.472. The minimum Gasteiger partial charge on any atom is -0.506 e. The average molecular weight is 235 g/mol. The number of aryl methyl sites for hydroxylation is 1. The summed E-state index contributed by atoms with van der Waals surface area (Å²) in [6.45, 7) is 1.90. The van der Waals surface area contributed by atoms with Gasteiger partial charge in [-0.2, -0.15) is 0 Å². The Morgan fingerprint density at radius 2 is 2.33 bits per heavy atom. The van der Waals surface area contributed by atoms with Crippen LogP contribution in [0.4, 0.5) is 0 Å². The number of halogens is 1. The first-order chi connectivity index (χ1) is 4.20. The van der Waals surface area contributed by atoms with Crippen LogP contribution in [0.15, 0.2) is 12.3 Å². The van der Waals surface area contributed by atoms with Gasteiger partial charge in [-0.05, 0) is 35.6 Å². The van der Waals surface area contributed by atoms with Crippen molar-refractivity contribution in [2.75, 3.05) is 0 Å². The van der Waals surface area contributed by atoms with Crippen molar-refractivity contribution in [3.63, 3.8) is 0 Å². The molecule has 0 atom stereocenters. The molecule has 0 aliphatic rings. The first kappa shape index (κ1) is 6.80. The Hall–Kier alpha value is -0.320. The molecule has 1 rings (SSSR count). The maximum atomic E-state index is 8.87. The van der Waals surface area contributed by atoms with Crippen LogP contribution < -0.4 is 0 Å². The van der Waals surface area contributed by atoms with E-state index in [9.17, 15) is 0 Å². The molecule has 1 aromatic heterocycles. The molecule has 0 aliphatic heterocycles. The Labute approximate surface area is 67.1 Å². The van der Waals surface area contributed by atoms with Crippen LogP contribution in [0.3, 0.4) is 0 Å². The fraction of sp³-hybridized carbons (Fsp3) is 0.167. The van der Waals surface area contributed by atoms with Crippen LogP contribution in [0.1, 0.15) is 5.69 Å². The van der Waals surface area contributed by atoms with Crippen LogP contribution in [0, 0.1) is 10.5 Å². The number of hydrogen-bond acceptors (Lipinski definition) is 2. The zero-order valence-corrected chi connectivity index (χ0v) is 7.08. The minimum absolute atomic E-state index is 0.227. The molecule has 0 amide bonds. The summed E-state index contributed by atoms with van der Waals surface area (Å²) in [7, 11) is 0. The van der Waals surface area contributed by atoms with E-state index >= 15 is 0 Å². The Morgan fingerprint density at radius 1 is 1.67 bits per heavy atom. The summed E-state index contributed by atoms with van der Waals surface area (Å²) in [5, 5.41) is 8.87. The van der Waals surface area contributed by atoms with Crippen molar-refractivity contribution in [1.29, 1.82) is 0 Å². The van der Waals surface area contributed by atoms with E-state index in [-0.39, 0.29) is 5.75 Å². The molecule has 0 unspecified atom stereocenters. The molecule has 48 valence electrons. The Kier molecular flexibility index (Phi) is 1.90. The maximum absolute atomic E-state index is 8.87. The molecule has 0 saturated carbocycles. The standard InChI is InChI=1S/C6H6INO/c1-4-6(7)2-5(9)3-8-4/h2-3,9H,1H3. The number of rotatable bonds is 0. The Balaban J connectivity index is 3.17. The molecule has 2 nitrogen and oxygen atoms in total. The molecular weight excluding hydrogens is 229 g/mol. The summed E-state index contributed by atoms with van der Waals surface area (Å²) in [5.41, 5.74) is 0.952. The molecule has 0 aliphatic carbocycles. The lowest BCUT2D eigenvalue weighted by Crippen LogP contribution is -1.82. The highest BCUT2D eigenvalue weighted by molar-refractivity contribution is 14.1. The van der Waals surface area contributed by atoms with Crippen molar-refractivity contribution < 1.29 is 5.11 Å². The van der Waals surface area contributed by atoms with E-state index in [0.717, 1.165) is 9.26 Å². The Morgan fingerprint density at radius 3 is 2.78 bits per heavy atom. The zero-order chi connectivity index (χ0) is 6.85. The first-order valence-corrected chi connectivity index (χ1v) is 3.59. The van der Waals surface area contributed by atoms with Gasteiger partial charge in [-0.25, -0.2) is 0 Å². The van der Waals surface area contributed by atoms with Gasteiger partial charge >= 0.3 is 0 Å². The largest absolute Gasteiger partial charge is 0.506 e. The topological polar surface area (TPSA) is 33.1 Å². The highest BCUT2D eigenvalue weighted by Crippen LogP contribution is 2.13. The van der Waals surface area contributed by atoms with Gasteiger partial charge in [0.15, 0.2) is 0 Å². The van der Waals surface area contributed by atoms with Crippen LogP contribution >= 0.6 is 22.6 Å². The van der Waals surface area contributed by atoms with Gasteiger partial charge < -0.3 is 5.11 Å². The quantitative estimate of drug-likeness (QED) is 0.694. The lowest BCUT2D eigenvalue weighted by atomic mass is 10.4. The summed E-state index contributed by atoms with van der Waals surface area (Å²) < 4.78 is 0.993. The fourth-order valence-electron chi connectivity index (χ4n) is 0.496. The molecule has 3 heteroatoms. The highest BCUT2D eigenvalue weighted by atomic mass is 127. The summed E-state index contributed by atoms with van der Waals surface area (Å²) in [4.78, 5) is 3.92. The van der Waals surface area contributed by atoms with Crippen molar-refractivity contribution in [2.24, 2.45) is 0 Å². The van der Waals surface area contributed by atoms with Gasteiger partial charge in [0.25, 0.3) is 0 Å². The van der Waals surface area contributed by atoms with Crippen molar-refractivity contribution in [2.45, 2.75) is 6.92 Å². The maximum Gasteiger partial charge on any atom is 0.134 e. The van der Waals surface area contributed by atoms with Crippen molar-refractivity contribution in [3.8, 4) is 5.75 Å². The third-order valence-electron chi connectivity index (χ3n) is 1.01. The third kappa shape index (κ3) is 1.54. The van der Waals surface area contributed by atoms with Gasteiger partial charge in [0.05, 0.1) is 11.9 Å². The molecule has 0 aromatic carbocycles. The fourth-order valence-corrected chi connectivity index (χ4v) is 0.954. The first-order valence-electron chi connectivity index (χ1n) is 2.51. The summed E-state index contributed by atoms with van der Waals surface area (Å²) in [5.74, 6) is 0.227. The van der Waals surface area contributed by atoms with Crippen LogP contribution in [0.5, 0.6) is 5.75 Å². The van der Waals surface area contributed by atoms with E-state index in [1.807, 2.05) is 6.92 Å². The molecular formula is C6H6INO. The van der Waals surface area contributed by atoms with Crippen molar-refractivity contribution in [1.82, 2.24) is 4.98 Å². The van der Waals surface area contributed by atoms with Crippen LogP contribution in [0.2, 0.25) is 0 Å². The van der Waals surface area contributed by atoms with Gasteiger partial charge in [-0.15, -0.1) is 0 Å². The van der Waals surface area contributed by atoms with Crippen LogP contribution in [-0.4, -0.2) is 10.1 Å². The molecule has 1 N–H and O–H groups in total. The van der Waals surface area contributed by atoms with Crippen LogP contribution in [0.25, 0.3) is 0 Å².